The second-order valence-electron chi connectivity index (χ2n) is 3.97. The highest BCUT2D eigenvalue weighted by atomic mass is 35.5. The lowest BCUT2D eigenvalue weighted by molar-refractivity contribution is -0.123. The van der Waals surface area contributed by atoms with Gasteiger partial charge >= 0.3 is 6.18 Å². The molecule has 1 N–H and O–H groups in total. The molecule has 3 nitrogen and oxygen atoms in total. The number of hydrogen-bond acceptors (Lipinski definition) is 2. The second-order valence-corrected chi connectivity index (χ2v) is 4.38. The maximum atomic E-state index is 12.0. The number of para-hydroxylation sites is 1. The van der Waals surface area contributed by atoms with Gasteiger partial charge in [0.2, 0.25) is 0 Å². The highest BCUT2D eigenvalue weighted by Crippen LogP contribution is 2.30. The van der Waals surface area contributed by atoms with Crippen LogP contribution in [-0.4, -0.2) is 18.6 Å². The molecule has 1 amide bonds. The number of benzene rings is 1. The number of aryl methyl sites for hydroxylation is 1. The molecule has 0 spiro atoms. The average molecular weight is 292 g/mol. The van der Waals surface area contributed by atoms with E-state index in [9.17, 15) is 18.0 Å². The van der Waals surface area contributed by atoms with Crippen LogP contribution in [0.15, 0.2) is 22.6 Å². The first-order chi connectivity index (χ1) is 8.79. The Morgan fingerprint density at radius 3 is 2.68 bits per heavy atom. The standard InChI is InChI=1S/C12H9ClF3NO2/c1-6-7-3-2-4-8(13)10(7)19-9(6)11(18)17-5-12(14,15)16/h2-4H,5H2,1H3,(H,17,18). The van der Waals surface area contributed by atoms with Crippen molar-refractivity contribution in [1.29, 1.82) is 0 Å². The van der Waals surface area contributed by atoms with Crippen molar-refractivity contribution >= 4 is 28.5 Å². The summed E-state index contributed by atoms with van der Waals surface area (Å²) < 4.78 is 41.3. The number of carbonyl (C=O) groups is 1. The fraction of sp³-hybridized carbons (Fsp3) is 0.250. The first-order valence-electron chi connectivity index (χ1n) is 5.32. The Labute approximate surface area is 111 Å². The summed E-state index contributed by atoms with van der Waals surface area (Å²) in [6.07, 6.45) is -4.47. The molecule has 102 valence electrons. The summed E-state index contributed by atoms with van der Waals surface area (Å²) in [6.45, 7) is 0.181. The van der Waals surface area contributed by atoms with Gasteiger partial charge in [-0.05, 0) is 13.0 Å². The monoisotopic (exact) mass is 291 g/mol. The fourth-order valence-electron chi connectivity index (χ4n) is 1.69. The normalized spacial score (nSPS) is 11.8. The minimum atomic E-state index is -4.47. The van der Waals surface area contributed by atoms with Crippen molar-refractivity contribution in [3.63, 3.8) is 0 Å². The lowest BCUT2D eigenvalue weighted by Crippen LogP contribution is -2.33. The predicted molar refractivity (Wildman–Crippen MR) is 64.3 cm³/mol. The van der Waals surface area contributed by atoms with E-state index in [1.807, 2.05) is 0 Å². The van der Waals surface area contributed by atoms with E-state index >= 15 is 0 Å². The number of halogens is 4. The average Bonchev–Trinajstić information content (AvgIpc) is 2.65. The van der Waals surface area contributed by atoms with E-state index in [-0.39, 0.29) is 5.76 Å². The van der Waals surface area contributed by atoms with Gasteiger partial charge in [-0.3, -0.25) is 4.79 Å². The van der Waals surface area contributed by atoms with Crippen molar-refractivity contribution in [2.75, 3.05) is 6.54 Å². The lowest BCUT2D eigenvalue weighted by Gasteiger charge is -2.06. The topological polar surface area (TPSA) is 42.2 Å². The molecule has 0 fully saturated rings. The minimum Gasteiger partial charge on any atom is -0.449 e. The Kier molecular flexibility index (Phi) is 3.45. The molecule has 1 heterocycles. The van der Waals surface area contributed by atoms with Gasteiger partial charge in [0.05, 0.1) is 5.02 Å². The van der Waals surface area contributed by atoms with E-state index in [0.29, 0.717) is 21.6 Å². The van der Waals surface area contributed by atoms with Crippen LogP contribution in [0.3, 0.4) is 0 Å². The second kappa shape index (κ2) is 4.77. The molecular weight excluding hydrogens is 283 g/mol. The zero-order valence-corrected chi connectivity index (χ0v) is 10.5. The van der Waals surface area contributed by atoms with Crippen LogP contribution >= 0.6 is 11.6 Å². The van der Waals surface area contributed by atoms with Crippen LogP contribution in [0.25, 0.3) is 11.0 Å². The molecule has 7 heteroatoms. The van der Waals surface area contributed by atoms with Crippen molar-refractivity contribution in [2.24, 2.45) is 0 Å². The highest BCUT2D eigenvalue weighted by Gasteiger charge is 2.29. The quantitative estimate of drug-likeness (QED) is 0.917. The lowest BCUT2D eigenvalue weighted by atomic mass is 10.1. The van der Waals surface area contributed by atoms with Crippen molar-refractivity contribution in [1.82, 2.24) is 5.32 Å². The Hall–Kier alpha value is -1.69. The van der Waals surface area contributed by atoms with Crippen molar-refractivity contribution in [3.8, 4) is 0 Å². The number of furan rings is 1. The third kappa shape index (κ3) is 2.84. The van der Waals surface area contributed by atoms with E-state index in [1.54, 1.807) is 30.4 Å². The van der Waals surface area contributed by atoms with Gasteiger partial charge in [-0.15, -0.1) is 0 Å². The van der Waals surface area contributed by atoms with Gasteiger partial charge in [0.25, 0.3) is 5.91 Å². The SMILES string of the molecule is Cc1c(C(=O)NCC(F)(F)F)oc2c(Cl)cccc12. The van der Waals surface area contributed by atoms with Crippen molar-refractivity contribution in [2.45, 2.75) is 13.1 Å². The Morgan fingerprint density at radius 2 is 2.11 bits per heavy atom. The number of amides is 1. The molecule has 19 heavy (non-hydrogen) atoms. The van der Waals surface area contributed by atoms with Crippen LogP contribution in [0.2, 0.25) is 5.02 Å². The molecular formula is C12H9ClF3NO2. The summed E-state index contributed by atoms with van der Waals surface area (Å²) in [5, 5.41) is 2.66. The minimum absolute atomic E-state index is 0.160. The zero-order chi connectivity index (χ0) is 14.2. The summed E-state index contributed by atoms with van der Waals surface area (Å²) in [5.41, 5.74) is 0.746. The van der Waals surface area contributed by atoms with Crippen molar-refractivity contribution < 1.29 is 22.4 Å². The fourth-order valence-corrected chi connectivity index (χ4v) is 1.90. The molecule has 1 aromatic carbocycles. The molecule has 0 unspecified atom stereocenters. The number of carbonyl (C=O) groups excluding carboxylic acids is 1. The maximum Gasteiger partial charge on any atom is 0.405 e. The van der Waals surface area contributed by atoms with Crippen LogP contribution in [0.1, 0.15) is 16.1 Å². The number of rotatable bonds is 2. The molecule has 0 radical (unpaired) electrons. The number of alkyl halides is 3. The molecule has 0 saturated carbocycles. The summed E-state index contributed by atoms with van der Waals surface area (Å²) in [6, 6.07) is 4.93. The van der Waals surface area contributed by atoms with Gasteiger partial charge in [-0.25, -0.2) is 0 Å². The molecule has 0 bridgehead atoms. The molecule has 2 aromatic rings. The van der Waals surface area contributed by atoms with Gasteiger partial charge in [0.15, 0.2) is 11.3 Å². The summed E-state index contributed by atoms with van der Waals surface area (Å²) in [7, 11) is 0. The number of fused-ring (bicyclic) bond motifs is 1. The first kappa shape index (κ1) is 13.7. The van der Waals surface area contributed by atoms with E-state index in [2.05, 4.69) is 0 Å². The smallest absolute Gasteiger partial charge is 0.405 e. The van der Waals surface area contributed by atoms with Gasteiger partial charge in [0, 0.05) is 10.9 Å². The number of hydrogen-bond donors (Lipinski definition) is 1. The van der Waals surface area contributed by atoms with Crippen LogP contribution in [0, 0.1) is 6.92 Å². The van der Waals surface area contributed by atoms with Gasteiger partial charge < -0.3 is 9.73 Å². The van der Waals surface area contributed by atoms with E-state index in [0.717, 1.165) is 0 Å². The summed E-state index contributed by atoms with van der Waals surface area (Å²) in [5.74, 6) is -1.07. The van der Waals surface area contributed by atoms with Gasteiger partial charge in [0.1, 0.15) is 6.54 Å². The Morgan fingerprint density at radius 1 is 1.42 bits per heavy atom. The molecule has 1 aromatic heterocycles. The molecule has 0 saturated heterocycles. The van der Waals surface area contributed by atoms with E-state index < -0.39 is 18.6 Å². The Balaban J connectivity index is 2.33. The third-order valence-corrected chi connectivity index (χ3v) is 2.87. The van der Waals surface area contributed by atoms with E-state index in [1.165, 1.54) is 0 Å². The van der Waals surface area contributed by atoms with Crippen LogP contribution in [0.4, 0.5) is 13.2 Å². The van der Waals surface area contributed by atoms with Crippen LogP contribution < -0.4 is 5.32 Å². The first-order valence-corrected chi connectivity index (χ1v) is 5.70. The van der Waals surface area contributed by atoms with Crippen molar-refractivity contribution in [3.05, 3.63) is 34.5 Å². The third-order valence-electron chi connectivity index (χ3n) is 2.57. The van der Waals surface area contributed by atoms with Crippen LogP contribution in [-0.2, 0) is 0 Å². The maximum absolute atomic E-state index is 12.0. The largest absolute Gasteiger partial charge is 0.449 e. The van der Waals surface area contributed by atoms with Gasteiger partial charge in [-0.2, -0.15) is 13.2 Å². The van der Waals surface area contributed by atoms with Crippen LogP contribution in [0.5, 0.6) is 0 Å². The highest BCUT2D eigenvalue weighted by molar-refractivity contribution is 6.35. The molecule has 2 rings (SSSR count). The number of nitrogens with one attached hydrogen (secondary N) is 1. The summed E-state index contributed by atoms with van der Waals surface area (Å²) >= 11 is 5.89. The molecule has 0 aliphatic carbocycles. The molecule has 0 atom stereocenters. The molecule has 0 aliphatic heterocycles. The zero-order valence-electron chi connectivity index (χ0n) is 9.77. The summed E-state index contributed by atoms with van der Waals surface area (Å²) in [4.78, 5) is 11.6. The Bertz CT molecular complexity index is 634. The molecule has 0 aliphatic rings. The predicted octanol–water partition coefficient (Wildman–Crippen LogP) is 3.69. The van der Waals surface area contributed by atoms with E-state index in [4.69, 9.17) is 16.0 Å². The van der Waals surface area contributed by atoms with Gasteiger partial charge in [-0.1, -0.05) is 23.7 Å².